The van der Waals surface area contributed by atoms with Crippen molar-refractivity contribution >= 4 is 11.9 Å². The summed E-state index contributed by atoms with van der Waals surface area (Å²) in [6.45, 7) is 10.3. The summed E-state index contributed by atoms with van der Waals surface area (Å²) >= 11 is 0. The van der Waals surface area contributed by atoms with Crippen LogP contribution in [0.3, 0.4) is 0 Å². The predicted octanol–water partition coefficient (Wildman–Crippen LogP) is 4.31. The van der Waals surface area contributed by atoms with Gasteiger partial charge in [0.25, 0.3) is 0 Å². The Hall–Kier alpha value is -5.34. The number of terminal acetylenes is 1. The average molecular weight is 442 g/mol. The number of rotatable bonds is 5. The van der Waals surface area contributed by atoms with E-state index in [1.165, 1.54) is 0 Å². The normalized spacial score (nSPS) is 8.38. The second-order valence-electron chi connectivity index (χ2n) is 6.72. The third-order valence-electron chi connectivity index (χ3n) is 3.92. The lowest BCUT2D eigenvalue weighted by molar-refractivity contribution is -0.130. The van der Waals surface area contributed by atoms with E-state index in [0.717, 1.165) is 11.1 Å². The van der Waals surface area contributed by atoms with Crippen molar-refractivity contribution in [3.8, 4) is 82.3 Å². The Kier molecular flexibility index (Phi) is 9.16. The summed E-state index contributed by atoms with van der Waals surface area (Å²) in [5.74, 6) is 22.2. The van der Waals surface area contributed by atoms with E-state index in [0.29, 0.717) is 16.9 Å². The zero-order chi connectivity index (χ0) is 24.9. The molecule has 0 aliphatic carbocycles. The molecular weight excluding hydrogens is 424 g/mol. The smallest absolute Gasteiger partial charge is 0.338 e. The first kappa shape index (κ1) is 24.9. The van der Waals surface area contributed by atoms with E-state index in [-0.39, 0.29) is 11.3 Å². The van der Waals surface area contributed by atoms with E-state index < -0.39 is 11.9 Å². The molecule has 0 saturated heterocycles. The van der Waals surface area contributed by atoms with E-state index >= 15 is 0 Å². The maximum Gasteiger partial charge on any atom is 0.338 e. The lowest BCUT2D eigenvalue weighted by Gasteiger charge is -2.10. The Bertz CT molecular complexity index is 1450. The molecule has 0 atom stereocenters. The van der Waals surface area contributed by atoms with E-state index in [4.69, 9.17) is 15.9 Å². The van der Waals surface area contributed by atoms with Gasteiger partial charge in [-0.25, -0.2) is 9.59 Å². The second kappa shape index (κ2) is 12.5. The third-order valence-corrected chi connectivity index (χ3v) is 3.92. The fourth-order valence-electron chi connectivity index (χ4n) is 2.28. The summed E-state index contributed by atoms with van der Waals surface area (Å²) in [4.78, 5) is 23.7. The van der Waals surface area contributed by atoms with Gasteiger partial charge >= 0.3 is 11.9 Å². The average Bonchev–Trinajstić information content (AvgIpc) is 2.82. The number of esters is 2. The molecule has 0 N–H and O–H groups in total. The number of carbonyl (C=O) groups excluding carboxylic acids is 2. The van der Waals surface area contributed by atoms with E-state index in [1.807, 2.05) is 0 Å². The molecule has 0 amide bonds. The maximum absolute atomic E-state index is 12.0. The van der Waals surface area contributed by atoms with Crippen molar-refractivity contribution in [1.82, 2.24) is 0 Å². The van der Waals surface area contributed by atoms with Gasteiger partial charge in [0.05, 0.1) is 5.56 Å². The molecule has 0 aromatic heterocycles. The molecular formula is C30H18O4. The zero-order valence-electron chi connectivity index (χ0n) is 18.7. The van der Waals surface area contributed by atoms with E-state index in [2.05, 4.69) is 66.4 Å². The third kappa shape index (κ3) is 7.73. The predicted molar refractivity (Wildman–Crippen MR) is 132 cm³/mol. The number of ether oxygens (including phenoxy) is 2. The van der Waals surface area contributed by atoms with Gasteiger partial charge in [0.2, 0.25) is 0 Å². The van der Waals surface area contributed by atoms with Gasteiger partial charge in [0, 0.05) is 11.1 Å². The van der Waals surface area contributed by atoms with Crippen molar-refractivity contribution < 1.29 is 19.1 Å². The molecule has 0 saturated carbocycles. The Morgan fingerprint density at radius 2 is 1.26 bits per heavy atom. The minimum Gasteiger partial charge on any atom is -0.423 e. The molecule has 0 bridgehead atoms. The molecule has 0 radical (unpaired) electrons. The Morgan fingerprint density at radius 1 is 0.735 bits per heavy atom. The zero-order valence-corrected chi connectivity index (χ0v) is 18.7. The minimum absolute atomic E-state index is 0.256. The van der Waals surface area contributed by atoms with Gasteiger partial charge < -0.3 is 9.47 Å². The Balaban J connectivity index is 2.37. The largest absolute Gasteiger partial charge is 0.423 e. The molecule has 2 aromatic rings. The van der Waals surface area contributed by atoms with Crippen molar-refractivity contribution in [2.75, 3.05) is 0 Å². The minimum atomic E-state index is -0.566. The van der Waals surface area contributed by atoms with Gasteiger partial charge in [-0.2, -0.15) is 0 Å². The number of hydrogen-bond acceptors (Lipinski definition) is 4. The summed E-state index contributed by atoms with van der Waals surface area (Å²) in [5.41, 5.74) is 2.64. The van der Waals surface area contributed by atoms with E-state index in [1.54, 1.807) is 56.3 Å². The monoisotopic (exact) mass is 442 g/mol. The molecule has 4 nitrogen and oxygen atoms in total. The Morgan fingerprint density at radius 3 is 1.85 bits per heavy atom. The summed E-state index contributed by atoms with van der Waals surface area (Å²) in [7, 11) is 0. The van der Waals surface area contributed by atoms with Crippen LogP contribution >= 0.6 is 0 Å². The lowest BCUT2D eigenvalue weighted by atomic mass is 10.0. The molecule has 4 heteroatoms. The highest BCUT2D eigenvalue weighted by atomic mass is 16.5. The van der Waals surface area contributed by atoms with Crippen molar-refractivity contribution in [2.24, 2.45) is 0 Å². The van der Waals surface area contributed by atoms with Crippen LogP contribution in [0.2, 0.25) is 0 Å². The van der Waals surface area contributed by atoms with Crippen LogP contribution in [0.1, 0.15) is 19.4 Å². The molecule has 0 aliphatic rings. The fourth-order valence-corrected chi connectivity index (χ4v) is 2.28. The van der Waals surface area contributed by atoms with Crippen LogP contribution in [0, 0.1) is 59.7 Å². The van der Waals surface area contributed by atoms with Crippen LogP contribution in [0.5, 0.6) is 11.5 Å². The van der Waals surface area contributed by atoms with Gasteiger partial charge in [0.1, 0.15) is 11.5 Å². The molecule has 34 heavy (non-hydrogen) atoms. The van der Waals surface area contributed by atoms with E-state index in [9.17, 15) is 9.59 Å². The highest BCUT2D eigenvalue weighted by Gasteiger charge is 2.11. The number of carbonyl (C=O) groups is 2. The standard InChI is InChI=1S/C30H18O4/c1-6-7-8-9-10-11-12-13-14-26-21-25(17-20-28(26)34-30(32)23(4)5)24-15-18-27(19-16-24)33-29(31)22(2)3/h1,15-21H,2,4H2,3,5H3. The van der Waals surface area contributed by atoms with Crippen LogP contribution in [0.4, 0.5) is 0 Å². The molecule has 0 aliphatic heterocycles. The summed E-state index contributed by atoms with van der Waals surface area (Å²) < 4.78 is 10.6. The quantitative estimate of drug-likeness (QED) is 0.300. The van der Waals surface area contributed by atoms with Crippen LogP contribution < -0.4 is 9.47 Å². The number of benzene rings is 2. The topological polar surface area (TPSA) is 52.6 Å². The maximum atomic E-state index is 12.0. The van der Waals surface area contributed by atoms with Gasteiger partial charge in [-0.1, -0.05) is 31.4 Å². The number of hydrogen-bond donors (Lipinski definition) is 0. The molecule has 0 spiro atoms. The lowest BCUT2D eigenvalue weighted by Crippen LogP contribution is -2.09. The van der Waals surface area contributed by atoms with Gasteiger partial charge in [-0.15, -0.1) is 6.42 Å². The first-order valence-electron chi connectivity index (χ1n) is 9.78. The summed E-state index contributed by atoms with van der Waals surface area (Å²) in [6, 6.07) is 12.1. The van der Waals surface area contributed by atoms with Gasteiger partial charge in [-0.3, -0.25) is 0 Å². The summed E-state index contributed by atoms with van der Waals surface area (Å²) in [5, 5.41) is 0. The van der Waals surface area contributed by atoms with Gasteiger partial charge in [0.15, 0.2) is 0 Å². The van der Waals surface area contributed by atoms with Crippen LogP contribution in [-0.4, -0.2) is 11.9 Å². The fraction of sp³-hybridized carbons (Fsp3) is 0.0667. The molecule has 0 heterocycles. The molecule has 0 unspecified atom stereocenters. The highest BCUT2D eigenvalue weighted by molar-refractivity contribution is 5.89. The van der Waals surface area contributed by atoms with Crippen LogP contribution in [0.15, 0.2) is 66.8 Å². The molecule has 162 valence electrons. The van der Waals surface area contributed by atoms with Crippen LogP contribution in [-0.2, 0) is 9.59 Å². The van der Waals surface area contributed by atoms with Crippen molar-refractivity contribution in [1.29, 1.82) is 0 Å². The molecule has 2 rings (SSSR count). The SMILES string of the molecule is C#CC#CC#CC#CC#Cc1cc(-c2ccc(OC(=O)C(=C)C)cc2)ccc1OC(=O)C(=C)C. The second-order valence-corrected chi connectivity index (χ2v) is 6.72. The first-order chi connectivity index (χ1) is 16.3. The Labute approximate surface area is 199 Å². The molecule has 0 fully saturated rings. The van der Waals surface area contributed by atoms with Crippen LogP contribution in [0.25, 0.3) is 11.1 Å². The van der Waals surface area contributed by atoms with Gasteiger partial charge in [-0.05, 0) is 103 Å². The first-order valence-corrected chi connectivity index (χ1v) is 9.78. The highest BCUT2D eigenvalue weighted by Crippen LogP contribution is 2.28. The van der Waals surface area contributed by atoms with Crippen molar-refractivity contribution in [2.45, 2.75) is 13.8 Å². The summed E-state index contributed by atoms with van der Waals surface area (Å²) in [6.07, 6.45) is 5.00. The van der Waals surface area contributed by atoms with Crippen molar-refractivity contribution in [3.05, 3.63) is 72.3 Å². The van der Waals surface area contributed by atoms with Crippen molar-refractivity contribution in [3.63, 3.8) is 0 Å². The molecule has 2 aromatic carbocycles.